The highest BCUT2D eigenvalue weighted by atomic mass is 32.2. The van der Waals surface area contributed by atoms with E-state index in [2.05, 4.69) is 0 Å². The van der Waals surface area contributed by atoms with E-state index in [1.54, 1.807) is 0 Å². The first-order valence-electron chi connectivity index (χ1n) is 5.04. The van der Waals surface area contributed by atoms with Gasteiger partial charge in [-0.25, -0.2) is 13.2 Å². The van der Waals surface area contributed by atoms with Crippen LogP contribution in [0.4, 0.5) is 0 Å². The summed E-state index contributed by atoms with van der Waals surface area (Å²) in [5.41, 5.74) is -1.68. The number of hydrogen-bond donors (Lipinski definition) is 1. The Morgan fingerprint density at radius 3 is 2.37 bits per heavy atom. The molecule has 1 aromatic rings. The second-order valence-electron chi connectivity index (χ2n) is 3.91. The van der Waals surface area contributed by atoms with Crippen molar-refractivity contribution in [1.82, 2.24) is 13.4 Å². The van der Waals surface area contributed by atoms with E-state index in [-0.39, 0.29) is 0 Å². The van der Waals surface area contributed by atoms with Gasteiger partial charge in [0.15, 0.2) is 4.90 Å². The van der Waals surface area contributed by atoms with Gasteiger partial charge < -0.3 is 9.67 Å². The van der Waals surface area contributed by atoms with Crippen LogP contribution >= 0.6 is 0 Å². The van der Waals surface area contributed by atoms with Crippen LogP contribution in [0.3, 0.4) is 0 Å². The Morgan fingerprint density at radius 2 is 1.89 bits per heavy atom. The number of likely N-dealkylation sites (N-methyl/N-ethyl adjacent to an activating group) is 1. The third kappa shape index (κ3) is 2.74. The highest BCUT2D eigenvalue weighted by molar-refractivity contribution is 7.89. The molecule has 0 aromatic carbocycles. The Labute approximate surface area is 108 Å². The van der Waals surface area contributed by atoms with Crippen LogP contribution in [0.15, 0.2) is 20.7 Å². The third-order valence-corrected chi connectivity index (χ3v) is 4.25. The van der Waals surface area contributed by atoms with Crippen molar-refractivity contribution in [2.75, 3.05) is 13.6 Å². The van der Waals surface area contributed by atoms with Gasteiger partial charge in [0.2, 0.25) is 10.0 Å². The molecule has 0 aliphatic carbocycles. The molecular formula is C9H13N3O6S. The van der Waals surface area contributed by atoms with Gasteiger partial charge in [-0.2, -0.15) is 4.31 Å². The highest BCUT2D eigenvalue weighted by Gasteiger charge is 2.27. The minimum atomic E-state index is -4.27. The lowest BCUT2D eigenvalue weighted by Gasteiger charge is -2.15. The van der Waals surface area contributed by atoms with E-state index in [1.807, 2.05) is 0 Å². The lowest BCUT2D eigenvalue weighted by Crippen LogP contribution is -2.42. The fraction of sp³-hybridized carbons (Fsp3) is 0.444. The molecule has 106 valence electrons. The quantitative estimate of drug-likeness (QED) is 0.671. The van der Waals surface area contributed by atoms with E-state index in [4.69, 9.17) is 5.11 Å². The zero-order valence-corrected chi connectivity index (χ0v) is 11.3. The molecule has 0 radical (unpaired) electrons. The molecule has 0 atom stereocenters. The van der Waals surface area contributed by atoms with E-state index >= 15 is 0 Å². The number of aryl methyl sites for hydroxylation is 1. The van der Waals surface area contributed by atoms with Crippen molar-refractivity contribution in [1.29, 1.82) is 0 Å². The minimum Gasteiger partial charge on any atom is -0.480 e. The first-order chi connectivity index (χ1) is 8.59. The zero-order chi connectivity index (χ0) is 15.0. The first-order valence-corrected chi connectivity index (χ1v) is 6.48. The topological polar surface area (TPSA) is 119 Å². The molecule has 19 heavy (non-hydrogen) atoms. The lowest BCUT2D eigenvalue weighted by atomic mass is 10.6. The van der Waals surface area contributed by atoms with Crippen molar-refractivity contribution in [3.63, 3.8) is 0 Å². The number of hydrogen-bond acceptors (Lipinski definition) is 5. The molecule has 9 nitrogen and oxygen atoms in total. The SMILES string of the molecule is CN(CC(=O)O)S(=O)(=O)c1cn(C)c(=O)n(C)c1=O. The van der Waals surface area contributed by atoms with Crippen LogP contribution in [0, 0.1) is 0 Å². The molecule has 1 N–H and O–H groups in total. The first kappa shape index (κ1) is 15.1. The average molecular weight is 291 g/mol. The van der Waals surface area contributed by atoms with E-state index in [1.165, 1.54) is 7.05 Å². The van der Waals surface area contributed by atoms with Crippen LogP contribution in [-0.2, 0) is 28.9 Å². The fourth-order valence-corrected chi connectivity index (χ4v) is 2.66. The van der Waals surface area contributed by atoms with Crippen LogP contribution in [0.2, 0.25) is 0 Å². The normalized spacial score (nSPS) is 11.8. The summed E-state index contributed by atoms with van der Waals surface area (Å²) in [4.78, 5) is 33.1. The fourth-order valence-electron chi connectivity index (χ4n) is 1.40. The summed E-state index contributed by atoms with van der Waals surface area (Å²) in [6, 6.07) is 0. The molecule has 0 amide bonds. The monoisotopic (exact) mass is 291 g/mol. The van der Waals surface area contributed by atoms with Crippen LogP contribution in [0.1, 0.15) is 0 Å². The predicted molar refractivity (Wildman–Crippen MR) is 64.4 cm³/mol. The number of rotatable bonds is 4. The molecule has 0 saturated heterocycles. The van der Waals surface area contributed by atoms with Gasteiger partial charge in [-0.15, -0.1) is 0 Å². The Balaban J connectivity index is 3.51. The molecule has 0 spiro atoms. The molecule has 0 fully saturated rings. The summed E-state index contributed by atoms with van der Waals surface area (Å²) in [5.74, 6) is -1.35. The summed E-state index contributed by atoms with van der Waals surface area (Å²) in [6.07, 6.45) is 0.873. The largest absolute Gasteiger partial charge is 0.480 e. The number of aliphatic carboxylic acids is 1. The number of carboxylic acids is 1. The molecule has 0 unspecified atom stereocenters. The number of aromatic nitrogens is 2. The second kappa shape index (κ2) is 4.97. The number of nitrogens with zero attached hydrogens (tertiary/aromatic N) is 3. The van der Waals surface area contributed by atoms with Gasteiger partial charge in [-0.3, -0.25) is 14.2 Å². The molecule has 1 aromatic heterocycles. The number of sulfonamides is 1. The van der Waals surface area contributed by atoms with Crippen molar-refractivity contribution in [3.05, 3.63) is 27.0 Å². The van der Waals surface area contributed by atoms with Crippen molar-refractivity contribution in [3.8, 4) is 0 Å². The van der Waals surface area contributed by atoms with E-state index in [9.17, 15) is 22.8 Å². The van der Waals surface area contributed by atoms with Gasteiger partial charge in [-0.05, 0) is 0 Å². The van der Waals surface area contributed by atoms with Gasteiger partial charge in [0.1, 0.15) is 6.54 Å². The Hall–Kier alpha value is -1.94. The van der Waals surface area contributed by atoms with Gasteiger partial charge in [0, 0.05) is 27.3 Å². The molecule has 0 bridgehead atoms. The maximum atomic E-state index is 12.0. The van der Waals surface area contributed by atoms with Gasteiger partial charge in [-0.1, -0.05) is 0 Å². The lowest BCUT2D eigenvalue weighted by molar-refractivity contribution is -0.137. The maximum absolute atomic E-state index is 12.0. The number of carboxylic acid groups (broad SMARTS) is 1. The van der Waals surface area contributed by atoms with Gasteiger partial charge >= 0.3 is 11.7 Å². The van der Waals surface area contributed by atoms with Crippen LogP contribution in [-0.4, -0.2) is 46.5 Å². The van der Waals surface area contributed by atoms with Crippen LogP contribution in [0.25, 0.3) is 0 Å². The summed E-state index contributed by atoms with van der Waals surface area (Å²) < 4.78 is 26.2. The Morgan fingerprint density at radius 1 is 1.37 bits per heavy atom. The van der Waals surface area contributed by atoms with Crippen LogP contribution in [0.5, 0.6) is 0 Å². The number of carbonyl (C=O) groups is 1. The van der Waals surface area contributed by atoms with Crippen molar-refractivity contribution >= 4 is 16.0 Å². The maximum Gasteiger partial charge on any atom is 0.330 e. The smallest absolute Gasteiger partial charge is 0.330 e. The third-order valence-electron chi connectivity index (χ3n) is 2.46. The summed E-state index contributed by atoms with van der Waals surface area (Å²) >= 11 is 0. The predicted octanol–water partition coefficient (Wildman–Crippen LogP) is -2.21. The second-order valence-corrected chi connectivity index (χ2v) is 5.92. The zero-order valence-electron chi connectivity index (χ0n) is 10.5. The molecule has 1 rings (SSSR count). The minimum absolute atomic E-state index is 0.524. The van der Waals surface area contributed by atoms with Crippen molar-refractivity contribution < 1.29 is 18.3 Å². The summed E-state index contributed by atoms with van der Waals surface area (Å²) in [5, 5.41) is 8.57. The summed E-state index contributed by atoms with van der Waals surface area (Å²) in [7, 11) is -0.802. The Bertz CT molecular complexity index is 729. The highest BCUT2D eigenvalue weighted by Crippen LogP contribution is 2.07. The summed E-state index contributed by atoms with van der Waals surface area (Å²) in [6.45, 7) is -0.783. The van der Waals surface area contributed by atoms with Crippen molar-refractivity contribution in [2.24, 2.45) is 14.1 Å². The standard InChI is InChI=1S/C9H13N3O6S/c1-10-4-6(8(15)12(3)9(10)16)19(17,18)11(2)5-7(13)14/h4H,5H2,1-3H3,(H,13,14). The molecule has 10 heteroatoms. The van der Waals surface area contributed by atoms with E-state index in [0.29, 0.717) is 8.87 Å². The molecule has 0 aliphatic rings. The van der Waals surface area contributed by atoms with Gasteiger partial charge in [0.25, 0.3) is 5.56 Å². The molecule has 1 heterocycles. The molecular weight excluding hydrogens is 278 g/mol. The molecule has 0 saturated carbocycles. The molecule has 0 aliphatic heterocycles. The Kier molecular flexibility index (Phi) is 3.96. The van der Waals surface area contributed by atoms with Crippen molar-refractivity contribution in [2.45, 2.75) is 4.90 Å². The average Bonchev–Trinajstić information content (AvgIpc) is 2.30. The van der Waals surface area contributed by atoms with Crippen LogP contribution < -0.4 is 11.2 Å². The van der Waals surface area contributed by atoms with E-state index < -0.39 is 38.7 Å². The van der Waals surface area contributed by atoms with Gasteiger partial charge in [0.05, 0.1) is 0 Å². The van der Waals surface area contributed by atoms with E-state index in [0.717, 1.165) is 24.9 Å².